The summed E-state index contributed by atoms with van der Waals surface area (Å²) >= 11 is 0. The fourth-order valence-electron chi connectivity index (χ4n) is 0.398. The van der Waals surface area contributed by atoms with Crippen LogP contribution in [0.1, 0.15) is 13.3 Å². The number of hydrogen-bond donors (Lipinski definition) is 0. The van der Waals surface area contributed by atoms with Gasteiger partial charge in [-0.15, -0.1) is 0 Å². The Morgan fingerprint density at radius 2 is 2.62 bits per heavy atom. The lowest BCUT2D eigenvalue weighted by Gasteiger charge is -2.03. The molecule has 3 heteroatoms. The first-order chi connectivity index (χ1) is 3.93. The quantitative estimate of drug-likeness (QED) is 0.512. The minimum atomic E-state index is 0.806. The Labute approximate surface area is 47.6 Å². The van der Waals surface area contributed by atoms with Gasteiger partial charge >= 0.3 is 0 Å². The smallest absolute Gasteiger partial charge is 0.218 e. The molecule has 0 atom stereocenters. The number of rotatable bonds is 1. The van der Waals surface area contributed by atoms with E-state index in [0.717, 1.165) is 12.2 Å². The largest absolute Gasteiger partial charge is 0.444 e. The van der Waals surface area contributed by atoms with Crippen LogP contribution in [-0.2, 0) is 9.57 Å². The van der Waals surface area contributed by atoms with E-state index < -0.39 is 0 Å². The summed E-state index contributed by atoms with van der Waals surface area (Å²) in [6.45, 7) is 1.98. The number of allylic oxidation sites excluding steroid dienone is 1. The van der Waals surface area contributed by atoms with Crippen LogP contribution in [0.2, 0.25) is 0 Å². The minimum Gasteiger partial charge on any atom is -0.444 e. The topological polar surface area (TPSA) is 30.8 Å². The Bertz CT molecular complexity index is 128. The average molecular weight is 113 g/mol. The number of nitrogens with zero attached hydrogens (tertiary/aromatic N) is 1. The van der Waals surface area contributed by atoms with E-state index in [0.29, 0.717) is 0 Å². The van der Waals surface area contributed by atoms with Gasteiger partial charge in [-0.1, -0.05) is 6.92 Å². The highest BCUT2D eigenvalue weighted by atomic mass is 16.7. The van der Waals surface area contributed by atoms with Crippen LogP contribution in [0, 0.1) is 0 Å². The normalized spacial score (nSPS) is 16.4. The van der Waals surface area contributed by atoms with Crippen LogP contribution in [0.4, 0.5) is 0 Å². The van der Waals surface area contributed by atoms with E-state index in [2.05, 4.69) is 9.99 Å². The van der Waals surface area contributed by atoms with Gasteiger partial charge in [0.1, 0.15) is 5.76 Å². The first-order valence-electron chi connectivity index (χ1n) is 2.47. The van der Waals surface area contributed by atoms with Crippen molar-refractivity contribution in [2.45, 2.75) is 13.3 Å². The maximum absolute atomic E-state index is 4.87. The summed E-state index contributed by atoms with van der Waals surface area (Å²) in [5.74, 6) is 0.806. The first kappa shape index (κ1) is 5.15. The molecule has 0 aliphatic carbocycles. The molecule has 8 heavy (non-hydrogen) atoms. The van der Waals surface area contributed by atoms with Crippen LogP contribution >= 0.6 is 0 Å². The van der Waals surface area contributed by atoms with Crippen molar-refractivity contribution in [3.8, 4) is 0 Å². The maximum Gasteiger partial charge on any atom is 0.218 e. The van der Waals surface area contributed by atoms with Crippen LogP contribution in [0.3, 0.4) is 0 Å². The lowest BCUT2D eigenvalue weighted by atomic mass is 10.4. The van der Waals surface area contributed by atoms with Crippen LogP contribution in [0.15, 0.2) is 17.2 Å². The molecule has 0 radical (unpaired) electrons. The van der Waals surface area contributed by atoms with Gasteiger partial charge in [-0.3, -0.25) is 0 Å². The van der Waals surface area contributed by atoms with E-state index in [1.807, 2.05) is 6.92 Å². The zero-order valence-electron chi connectivity index (χ0n) is 4.63. The van der Waals surface area contributed by atoms with Gasteiger partial charge in [0, 0.05) is 6.42 Å². The highest BCUT2D eigenvalue weighted by molar-refractivity contribution is 5.48. The van der Waals surface area contributed by atoms with E-state index in [9.17, 15) is 0 Å². The van der Waals surface area contributed by atoms with Gasteiger partial charge in [0.2, 0.25) is 6.40 Å². The van der Waals surface area contributed by atoms with Gasteiger partial charge in [-0.25, -0.2) is 0 Å². The molecule has 44 valence electrons. The van der Waals surface area contributed by atoms with Crippen molar-refractivity contribution in [2.24, 2.45) is 5.16 Å². The fraction of sp³-hybridized carbons (Fsp3) is 0.400. The molecule has 1 aliphatic heterocycles. The van der Waals surface area contributed by atoms with Crippen molar-refractivity contribution in [3.05, 3.63) is 12.0 Å². The van der Waals surface area contributed by atoms with Gasteiger partial charge in [0.05, 0.1) is 0 Å². The molecule has 0 unspecified atom stereocenters. The van der Waals surface area contributed by atoms with Crippen LogP contribution in [0.25, 0.3) is 0 Å². The summed E-state index contributed by atoms with van der Waals surface area (Å²) in [4.78, 5) is 4.56. The lowest BCUT2D eigenvalue weighted by molar-refractivity contribution is 0.209. The summed E-state index contributed by atoms with van der Waals surface area (Å²) in [5, 5.41) is 3.35. The SMILES string of the molecule is CCC1=CON=CO1. The second-order valence-corrected chi connectivity index (χ2v) is 1.37. The van der Waals surface area contributed by atoms with Crippen molar-refractivity contribution in [2.75, 3.05) is 0 Å². The third-order valence-electron chi connectivity index (χ3n) is 0.841. The summed E-state index contributed by atoms with van der Waals surface area (Å²) in [5.41, 5.74) is 0. The van der Waals surface area contributed by atoms with Crippen molar-refractivity contribution in [1.29, 1.82) is 0 Å². The molecule has 0 bridgehead atoms. The Morgan fingerprint density at radius 1 is 1.75 bits per heavy atom. The predicted molar refractivity (Wildman–Crippen MR) is 29.0 cm³/mol. The van der Waals surface area contributed by atoms with E-state index >= 15 is 0 Å². The molecule has 0 spiro atoms. The summed E-state index contributed by atoms with van der Waals surface area (Å²) < 4.78 is 4.87. The monoisotopic (exact) mass is 113 g/mol. The number of hydrogen-bond acceptors (Lipinski definition) is 3. The summed E-state index contributed by atoms with van der Waals surface area (Å²) in [6.07, 6.45) is 3.60. The highest BCUT2D eigenvalue weighted by Gasteiger charge is 1.95. The molecule has 1 aliphatic rings. The van der Waals surface area contributed by atoms with Crippen LogP contribution in [-0.4, -0.2) is 6.40 Å². The second-order valence-electron chi connectivity index (χ2n) is 1.37. The average Bonchev–Trinajstić information content (AvgIpc) is 1.90. The predicted octanol–water partition coefficient (Wildman–Crippen LogP) is 1.23. The van der Waals surface area contributed by atoms with Crippen LogP contribution < -0.4 is 0 Å². The number of ether oxygens (including phenoxy) is 1. The summed E-state index contributed by atoms with van der Waals surface area (Å²) in [6, 6.07) is 0. The second kappa shape index (κ2) is 2.35. The molecule has 0 saturated carbocycles. The molecular formula is C5H7NO2. The molecule has 0 aromatic carbocycles. The minimum absolute atomic E-state index is 0.806. The van der Waals surface area contributed by atoms with Gasteiger partial charge in [0.25, 0.3) is 0 Å². The van der Waals surface area contributed by atoms with E-state index in [1.54, 1.807) is 0 Å². The molecule has 1 heterocycles. The van der Waals surface area contributed by atoms with E-state index in [1.165, 1.54) is 12.7 Å². The van der Waals surface area contributed by atoms with Gasteiger partial charge in [0.15, 0.2) is 6.26 Å². The van der Waals surface area contributed by atoms with Crippen molar-refractivity contribution >= 4 is 6.40 Å². The third-order valence-corrected chi connectivity index (χ3v) is 0.841. The van der Waals surface area contributed by atoms with Crippen molar-refractivity contribution in [1.82, 2.24) is 0 Å². The molecule has 0 saturated heterocycles. The fourth-order valence-corrected chi connectivity index (χ4v) is 0.398. The maximum atomic E-state index is 4.87. The van der Waals surface area contributed by atoms with Crippen molar-refractivity contribution in [3.63, 3.8) is 0 Å². The van der Waals surface area contributed by atoms with Gasteiger partial charge < -0.3 is 9.57 Å². The summed E-state index contributed by atoms with van der Waals surface area (Å²) in [7, 11) is 0. The van der Waals surface area contributed by atoms with Crippen LogP contribution in [0.5, 0.6) is 0 Å². The van der Waals surface area contributed by atoms with E-state index in [4.69, 9.17) is 4.74 Å². The molecule has 0 aromatic heterocycles. The third kappa shape index (κ3) is 0.992. The lowest BCUT2D eigenvalue weighted by Crippen LogP contribution is -1.93. The highest BCUT2D eigenvalue weighted by Crippen LogP contribution is 2.04. The van der Waals surface area contributed by atoms with Crippen molar-refractivity contribution < 1.29 is 9.57 Å². The molecule has 0 aromatic rings. The van der Waals surface area contributed by atoms with Gasteiger partial charge in [-0.05, 0) is 5.16 Å². The molecule has 3 nitrogen and oxygen atoms in total. The Morgan fingerprint density at radius 3 is 3.00 bits per heavy atom. The Kier molecular flexibility index (Phi) is 1.51. The van der Waals surface area contributed by atoms with E-state index in [-0.39, 0.29) is 0 Å². The molecule has 0 amide bonds. The first-order valence-corrected chi connectivity index (χ1v) is 2.47. The molecule has 1 rings (SSSR count). The zero-order chi connectivity index (χ0) is 5.82. The zero-order valence-corrected chi connectivity index (χ0v) is 4.63. The molecule has 0 N–H and O–H groups in total. The molecular weight excluding hydrogens is 106 g/mol. The van der Waals surface area contributed by atoms with Gasteiger partial charge in [-0.2, -0.15) is 0 Å². The molecule has 0 fully saturated rings. The standard InChI is InChI=1S/C5H7NO2/c1-2-5-3-8-6-4-7-5/h3-4H,2H2,1H3. The Hall–Kier alpha value is -0.990. The number of oxime groups is 1. The Balaban J connectivity index is 2.43.